The zero-order valence-electron chi connectivity index (χ0n) is 21.1. The number of nitrogens with zero attached hydrogens (tertiary/aromatic N) is 5. The molecule has 4 aromatic rings. The van der Waals surface area contributed by atoms with E-state index in [2.05, 4.69) is 35.8 Å². The lowest BCUT2D eigenvalue weighted by atomic mass is 9.80. The van der Waals surface area contributed by atoms with Crippen LogP contribution in [0.1, 0.15) is 31.1 Å². The average Bonchev–Trinajstić information content (AvgIpc) is 3.46. The molecule has 0 bridgehead atoms. The predicted molar refractivity (Wildman–Crippen MR) is 134 cm³/mol. The van der Waals surface area contributed by atoms with Crippen LogP contribution in [-0.2, 0) is 14.9 Å². The van der Waals surface area contributed by atoms with Gasteiger partial charge in [0.05, 0.1) is 29.5 Å². The number of pyridine rings is 1. The predicted octanol–water partition coefficient (Wildman–Crippen LogP) is 3.49. The highest BCUT2D eigenvalue weighted by Crippen LogP contribution is 2.32. The number of anilines is 3. The van der Waals surface area contributed by atoms with Crippen molar-refractivity contribution in [2.24, 2.45) is 0 Å². The van der Waals surface area contributed by atoms with Gasteiger partial charge in [0.15, 0.2) is 0 Å². The van der Waals surface area contributed by atoms with Crippen LogP contribution in [0.25, 0.3) is 11.5 Å². The van der Waals surface area contributed by atoms with Crippen molar-refractivity contribution in [1.82, 2.24) is 25.1 Å². The van der Waals surface area contributed by atoms with Gasteiger partial charge in [-0.05, 0) is 25.5 Å². The normalized spacial score (nSPS) is 15.1. The molecule has 1 atom stereocenters. The maximum atomic E-state index is 13.5. The summed E-state index contributed by atoms with van der Waals surface area (Å²) in [4.78, 5) is 13.2. The number of aliphatic hydroxyl groups is 1. The van der Waals surface area contributed by atoms with Gasteiger partial charge < -0.3 is 29.5 Å². The molecule has 1 aliphatic rings. The Kier molecular flexibility index (Phi) is 7.40. The largest absolute Gasteiger partial charge is 0.496 e. The molecule has 1 aliphatic heterocycles. The summed E-state index contributed by atoms with van der Waals surface area (Å²) in [5, 5.41) is 23.0. The van der Waals surface area contributed by atoms with E-state index in [1.54, 1.807) is 19.9 Å². The fraction of sp³-hybridized carbons (Fsp3) is 0.292. The summed E-state index contributed by atoms with van der Waals surface area (Å²) < 4.78 is 67.0. The molecule has 1 aromatic carbocycles. The van der Waals surface area contributed by atoms with Crippen molar-refractivity contribution < 1.29 is 36.4 Å². The van der Waals surface area contributed by atoms with Crippen molar-refractivity contribution in [2.45, 2.75) is 31.7 Å². The van der Waals surface area contributed by atoms with Gasteiger partial charge in [-0.25, -0.2) is 9.97 Å². The highest BCUT2D eigenvalue weighted by Gasteiger charge is 2.45. The van der Waals surface area contributed by atoms with Gasteiger partial charge in [0.25, 0.3) is 5.89 Å². The minimum atomic E-state index is -4.51. The standard InChI is InChI=1S/C24H22BF4N7O4/c1-23(2)18-15(25(40-23)38-12-24(27,28)29)8-9-17(32-18)33-22-30-10-14(20-35-36-21(26)39-20)19(34-22)31-16(11-37)13-6-4-3-5-7-13/h3-10,16,37H,11-12H2,1-2H3,(H2,30,31,32,33,34)/t16-/m1/s1. The molecule has 16 heteroatoms. The Morgan fingerprint density at radius 2 is 1.88 bits per heavy atom. The number of aromatic nitrogens is 5. The third-order valence-corrected chi connectivity index (χ3v) is 5.91. The van der Waals surface area contributed by atoms with Gasteiger partial charge in [-0.15, -0.1) is 9.49 Å². The highest BCUT2D eigenvalue weighted by molar-refractivity contribution is 6.63. The SMILES string of the molecule is CC1(C)OB(OCC(F)(F)F)c2ccc(Nc3ncc(-c4nnc(F)o4)c(N[C@H](CO)c4ccccc4)n3)nc21. The van der Waals surface area contributed by atoms with Crippen molar-refractivity contribution in [3.63, 3.8) is 0 Å². The first-order valence-corrected chi connectivity index (χ1v) is 12.0. The Hall–Kier alpha value is -4.15. The fourth-order valence-corrected chi connectivity index (χ4v) is 4.11. The first-order valence-electron chi connectivity index (χ1n) is 12.0. The van der Waals surface area contributed by atoms with E-state index in [0.29, 0.717) is 11.2 Å². The minimum Gasteiger partial charge on any atom is -0.398 e. The summed E-state index contributed by atoms with van der Waals surface area (Å²) in [6.45, 7) is 1.56. The van der Waals surface area contributed by atoms with Crippen LogP contribution in [0.15, 0.2) is 53.1 Å². The number of alkyl halides is 3. The molecule has 5 rings (SSSR count). The molecule has 0 unspecified atom stereocenters. The van der Waals surface area contributed by atoms with Crippen LogP contribution in [0.5, 0.6) is 0 Å². The highest BCUT2D eigenvalue weighted by atomic mass is 19.4. The van der Waals surface area contributed by atoms with Crippen molar-refractivity contribution in [2.75, 3.05) is 23.8 Å². The molecule has 0 amide bonds. The number of halogens is 4. The Balaban J connectivity index is 1.44. The van der Waals surface area contributed by atoms with E-state index in [0.717, 1.165) is 5.56 Å². The zero-order valence-corrected chi connectivity index (χ0v) is 21.1. The number of hydrogen-bond donors (Lipinski definition) is 3. The van der Waals surface area contributed by atoms with E-state index >= 15 is 0 Å². The van der Waals surface area contributed by atoms with E-state index < -0.39 is 37.7 Å². The molecule has 40 heavy (non-hydrogen) atoms. The molecule has 0 aliphatic carbocycles. The maximum absolute atomic E-state index is 13.5. The van der Waals surface area contributed by atoms with E-state index in [4.69, 9.17) is 13.7 Å². The summed E-state index contributed by atoms with van der Waals surface area (Å²) in [5.41, 5.74) is 0.645. The molecule has 11 nitrogen and oxygen atoms in total. The first-order chi connectivity index (χ1) is 19.0. The smallest absolute Gasteiger partial charge is 0.398 e. The third kappa shape index (κ3) is 6.03. The number of nitrogens with one attached hydrogen (secondary N) is 2. The quantitative estimate of drug-likeness (QED) is 0.205. The van der Waals surface area contributed by atoms with Crippen molar-refractivity contribution in [3.8, 4) is 11.5 Å². The van der Waals surface area contributed by atoms with Gasteiger partial charge in [-0.1, -0.05) is 41.5 Å². The Morgan fingerprint density at radius 1 is 1.10 bits per heavy atom. The maximum Gasteiger partial charge on any atom is 0.496 e. The molecule has 0 saturated heterocycles. The van der Waals surface area contributed by atoms with Gasteiger partial charge in [-0.2, -0.15) is 18.2 Å². The topological polar surface area (TPSA) is 140 Å². The first kappa shape index (κ1) is 27.4. The molecule has 4 heterocycles. The van der Waals surface area contributed by atoms with Crippen LogP contribution in [0.4, 0.5) is 35.1 Å². The van der Waals surface area contributed by atoms with Crippen LogP contribution >= 0.6 is 0 Å². The van der Waals surface area contributed by atoms with Gasteiger partial charge >= 0.3 is 19.4 Å². The number of benzene rings is 1. The van der Waals surface area contributed by atoms with E-state index in [1.807, 2.05) is 30.3 Å². The van der Waals surface area contributed by atoms with Crippen molar-refractivity contribution >= 4 is 30.2 Å². The van der Waals surface area contributed by atoms with Gasteiger partial charge in [0.2, 0.25) is 5.95 Å². The van der Waals surface area contributed by atoms with Gasteiger partial charge in [0.1, 0.15) is 18.2 Å². The molecule has 0 saturated carbocycles. The van der Waals surface area contributed by atoms with Gasteiger partial charge in [-0.3, -0.25) is 0 Å². The Labute approximate surface area is 225 Å². The lowest BCUT2D eigenvalue weighted by molar-refractivity contribution is -0.157. The van der Waals surface area contributed by atoms with Crippen LogP contribution < -0.4 is 16.1 Å². The lowest BCUT2D eigenvalue weighted by Gasteiger charge is -2.20. The summed E-state index contributed by atoms with van der Waals surface area (Å²) in [6.07, 6.45) is -4.33. The molecular weight excluding hydrogens is 537 g/mol. The number of aliphatic hydroxyl groups excluding tert-OH is 1. The molecule has 0 spiro atoms. The second-order valence-corrected chi connectivity index (χ2v) is 9.25. The summed E-state index contributed by atoms with van der Waals surface area (Å²) in [6, 6.07) is 11.5. The van der Waals surface area contributed by atoms with Crippen LogP contribution in [0.3, 0.4) is 0 Å². The van der Waals surface area contributed by atoms with E-state index in [-0.39, 0.29) is 35.6 Å². The zero-order chi connectivity index (χ0) is 28.5. The molecule has 208 valence electrons. The monoisotopic (exact) mass is 559 g/mol. The molecular formula is C24H22BF4N7O4. The second kappa shape index (κ2) is 10.8. The number of fused-ring (bicyclic) bond motifs is 1. The molecule has 0 radical (unpaired) electrons. The minimum absolute atomic E-state index is 0.0602. The summed E-state index contributed by atoms with van der Waals surface area (Å²) in [7, 11) is -1.23. The van der Waals surface area contributed by atoms with Crippen LogP contribution in [0.2, 0.25) is 0 Å². The fourth-order valence-electron chi connectivity index (χ4n) is 4.11. The second-order valence-electron chi connectivity index (χ2n) is 9.25. The Bertz CT molecular complexity index is 1490. The van der Waals surface area contributed by atoms with E-state index in [9.17, 15) is 22.7 Å². The van der Waals surface area contributed by atoms with Crippen molar-refractivity contribution in [3.05, 3.63) is 66.1 Å². The van der Waals surface area contributed by atoms with Crippen molar-refractivity contribution in [1.29, 1.82) is 0 Å². The van der Waals surface area contributed by atoms with Crippen LogP contribution in [-0.4, -0.2) is 56.8 Å². The summed E-state index contributed by atoms with van der Waals surface area (Å²) in [5.74, 6) is 0.298. The van der Waals surface area contributed by atoms with Crippen LogP contribution in [0, 0.1) is 6.14 Å². The molecule has 3 N–H and O–H groups in total. The number of rotatable bonds is 9. The summed E-state index contributed by atoms with van der Waals surface area (Å²) >= 11 is 0. The lowest BCUT2D eigenvalue weighted by Crippen LogP contribution is -2.36. The third-order valence-electron chi connectivity index (χ3n) is 5.91. The number of hydrogen-bond acceptors (Lipinski definition) is 11. The molecule has 0 fully saturated rings. The Morgan fingerprint density at radius 3 is 2.55 bits per heavy atom. The molecule has 3 aromatic heterocycles. The van der Waals surface area contributed by atoms with E-state index in [1.165, 1.54) is 12.3 Å². The van der Waals surface area contributed by atoms with Gasteiger partial charge in [0, 0.05) is 11.7 Å². The average molecular weight is 559 g/mol.